The van der Waals surface area contributed by atoms with Gasteiger partial charge >= 0.3 is 0 Å². The van der Waals surface area contributed by atoms with E-state index in [-0.39, 0.29) is 24.0 Å². The van der Waals surface area contributed by atoms with E-state index in [0.29, 0.717) is 30.5 Å². The number of rotatable bonds is 10. The van der Waals surface area contributed by atoms with Gasteiger partial charge in [0.2, 0.25) is 10.0 Å². The molecule has 0 unspecified atom stereocenters. The number of sulfonamides is 1. The van der Waals surface area contributed by atoms with Crippen molar-refractivity contribution in [3.8, 4) is 0 Å². The molecule has 0 radical (unpaired) electrons. The van der Waals surface area contributed by atoms with Gasteiger partial charge in [-0.05, 0) is 50.3 Å². The molecule has 0 saturated carbocycles. The number of ether oxygens (including phenoxy) is 1. The number of aliphatic imine (C=N–C) groups is 1. The summed E-state index contributed by atoms with van der Waals surface area (Å²) >= 11 is 0. The van der Waals surface area contributed by atoms with Gasteiger partial charge in [-0.3, -0.25) is 4.99 Å². The van der Waals surface area contributed by atoms with E-state index in [2.05, 4.69) is 15.6 Å². The molecule has 0 atom stereocenters. The van der Waals surface area contributed by atoms with Gasteiger partial charge in [0.05, 0.1) is 4.90 Å². The molecule has 29 heavy (non-hydrogen) atoms. The molecule has 1 heterocycles. The molecule has 166 valence electrons. The van der Waals surface area contributed by atoms with Crippen LogP contribution in [0.2, 0.25) is 0 Å². The molecule has 1 aliphatic heterocycles. The van der Waals surface area contributed by atoms with Crippen LogP contribution in [0.4, 0.5) is 0 Å². The Balaban J connectivity index is 0.00000420. The van der Waals surface area contributed by atoms with Crippen molar-refractivity contribution in [1.29, 1.82) is 0 Å². The minimum atomic E-state index is -3.41. The number of benzene rings is 1. The first-order valence-electron chi connectivity index (χ1n) is 10.2. The van der Waals surface area contributed by atoms with Gasteiger partial charge in [-0.15, -0.1) is 24.0 Å². The number of unbranched alkanes of at least 4 members (excludes halogenated alkanes) is 1. The standard InChI is InChI=1S/C20H34N4O3S.HI/c1-3-27-15-8-5-12-22-20(21-2)23-17-18-10-9-11-19(16-18)28(25,26)24-13-6-4-7-14-24;/h9-11,16H,3-8,12-15,17H2,1-2H3,(H2,21,22,23);1H. The van der Waals surface area contributed by atoms with Crippen LogP contribution in [0.1, 0.15) is 44.6 Å². The Kier molecular flexibility index (Phi) is 12.8. The van der Waals surface area contributed by atoms with Gasteiger partial charge in [-0.2, -0.15) is 4.31 Å². The van der Waals surface area contributed by atoms with E-state index in [0.717, 1.165) is 57.4 Å². The molecule has 1 saturated heterocycles. The summed E-state index contributed by atoms with van der Waals surface area (Å²) in [6.07, 6.45) is 4.99. The Bertz CT molecular complexity index is 722. The van der Waals surface area contributed by atoms with E-state index < -0.39 is 10.0 Å². The predicted molar refractivity (Wildman–Crippen MR) is 128 cm³/mol. The van der Waals surface area contributed by atoms with Gasteiger partial charge in [-0.1, -0.05) is 18.6 Å². The minimum Gasteiger partial charge on any atom is -0.382 e. The van der Waals surface area contributed by atoms with Gasteiger partial charge in [0, 0.05) is 46.4 Å². The summed E-state index contributed by atoms with van der Waals surface area (Å²) in [5.41, 5.74) is 0.914. The van der Waals surface area contributed by atoms with E-state index in [1.807, 2.05) is 13.0 Å². The second-order valence-corrected chi connectivity index (χ2v) is 8.81. The molecule has 7 nitrogen and oxygen atoms in total. The maximum Gasteiger partial charge on any atom is 0.243 e. The number of hydrogen-bond acceptors (Lipinski definition) is 4. The highest BCUT2D eigenvalue weighted by Crippen LogP contribution is 2.21. The lowest BCUT2D eigenvalue weighted by Crippen LogP contribution is -2.37. The number of halogens is 1. The molecule has 0 amide bonds. The Labute approximate surface area is 192 Å². The summed E-state index contributed by atoms with van der Waals surface area (Å²) in [7, 11) is -1.68. The largest absolute Gasteiger partial charge is 0.382 e. The van der Waals surface area contributed by atoms with Crippen molar-refractivity contribution in [1.82, 2.24) is 14.9 Å². The van der Waals surface area contributed by atoms with Crippen LogP contribution in [0.3, 0.4) is 0 Å². The first-order chi connectivity index (χ1) is 13.6. The minimum absolute atomic E-state index is 0. The zero-order valence-corrected chi connectivity index (χ0v) is 20.7. The van der Waals surface area contributed by atoms with E-state index >= 15 is 0 Å². The SMILES string of the molecule is CCOCCCCNC(=NC)NCc1cccc(S(=O)(=O)N2CCCCC2)c1.I. The van der Waals surface area contributed by atoms with Crippen molar-refractivity contribution in [2.24, 2.45) is 4.99 Å². The molecule has 0 bridgehead atoms. The summed E-state index contributed by atoms with van der Waals surface area (Å²) in [4.78, 5) is 4.59. The van der Waals surface area contributed by atoms with Crippen LogP contribution in [-0.2, 0) is 21.3 Å². The molecule has 1 aromatic carbocycles. The fourth-order valence-corrected chi connectivity index (χ4v) is 4.74. The third kappa shape index (κ3) is 8.77. The quantitative estimate of drug-likeness (QED) is 0.207. The fourth-order valence-electron chi connectivity index (χ4n) is 3.16. The third-order valence-corrected chi connectivity index (χ3v) is 6.64. The van der Waals surface area contributed by atoms with Crippen molar-refractivity contribution >= 4 is 40.0 Å². The Hall–Kier alpha value is -0.910. The van der Waals surface area contributed by atoms with Gasteiger partial charge in [-0.25, -0.2) is 8.42 Å². The lowest BCUT2D eigenvalue weighted by atomic mass is 10.2. The lowest BCUT2D eigenvalue weighted by molar-refractivity contribution is 0.143. The number of nitrogens with zero attached hydrogens (tertiary/aromatic N) is 2. The molecule has 1 aromatic rings. The Morgan fingerprint density at radius 1 is 1.17 bits per heavy atom. The average molecular weight is 538 g/mol. The predicted octanol–water partition coefficient (Wildman–Crippen LogP) is 2.96. The van der Waals surface area contributed by atoms with Crippen LogP contribution in [0, 0.1) is 0 Å². The summed E-state index contributed by atoms with van der Waals surface area (Å²) in [5.74, 6) is 0.709. The molecule has 2 N–H and O–H groups in total. The number of piperidine rings is 1. The molecule has 0 aromatic heterocycles. The molecule has 9 heteroatoms. The van der Waals surface area contributed by atoms with Gasteiger partial charge < -0.3 is 15.4 Å². The Morgan fingerprint density at radius 3 is 2.62 bits per heavy atom. The van der Waals surface area contributed by atoms with Crippen molar-refractivity contribution in [3.63, 3.8) is 0 Å². The topological polar surface area (TPSA) is 83.0 Å². The molecule has 0 spiro atoms. The van der Waals surface area contributed by atoms with Crippen molar-refractivity contribution in [2.75, 3.05) is 39.9 Å². The zero-order valence-electron chi connectivity index (χ0n) is 17.5. The van der Waals surface area contributed by atoms with Crippen LogP contribution in [0.5, 0.6) is 0 Å². The number of guanidine groups is 1. The number of hydrogen-bond donors (Lipinski definition) is 2. The summed E-state index contributed by atoms with van der Waals surface area (Å²) < 4.78 is 32.6. The van der Waals surface area contributed by atoms with E-state index in [1.165, 1.54) is 0 Å². The Morgan fingerprint density at radius 2 is 1.93 bits per heavy atom. The van der Waals surface area contributed by atoms with Crippen LogP contribution in [-0.4, -0.2) is 58.6 Å². The van der Waals surface area contributed by atoms with E-state index in [4.69, 9.17) is 4.74 Å². The van der Waals surface area contributed by atoms with Crippen molar-refractivity contribution in [2.45, 2.75) is 50.5 Å². The van der Waals surface area contributed by atoms with Gasteiger partial charge in [0.25, 0.3) is 0 Å². The highest BCUT2D eigenvalue weighted by molar-refractivity contribution is 14.0. The van der Waals surface area contributed by atoms with E-state index in [9.17, 15) is 8.42 Å². The molecular formula is C20H35IN4O3S. The second-order valence-electron chi connectivity index (χ2n) is 6.87. The summed E-state index contributed by atoms with van der Waals surface area (Å²) in [5, 5.41) is 6.52. The average Bonchev–Trinajstić information content (AvgIpc) is 2.73. The van der Waals surface area contributed by atoms with E-state index in [1.54, 1.807) is 29.6 Å². The molecule has 1 fully saturated rings. The van der Waals surface area contributed by atoms with Gasteiger partial charge in [0.15, 0.2) is 5.96 Å². The first-order valence-corrected chi connectivity index (χ1v) is 11.6. The van der Waals surface area contributed by atoms with Crippen LogP contribution < -0.4 is 10.6 Å². The maximum absolute atomic E-state index is 12.8. The second kappa shape index (κ2) is 14.2. The van der Waals surface area contributed by atoms with Crippen molar-refractivity contribution < 1.29 is 13.2 Å². The zero-order chi connectivity index (χ0) is 20.2. The summed E-state index contributed by atoms with van der Waals surface area (Å²) in [6.45, 7) is 6.09. The molecule has 1 aliphatic rings. The maximum atomic E-state index is 12.8. The monoisotopic (exact) mass is 538 g/mol. The lowest BCUT2D eigenvalue weighted by Gasteiger charge is -2.26. The van der Waals surface area contributed by atoms with Crippen LogP contribution in [0.25, 0.3) is 0 Å². The fraction of sp³-hybridized carbons (Fsp3) is 0.650. The van der Waals surface area contributed by atoms with Crippen molar-refractivity contribution in [3.05, 3.63) is 29.8 Å². The smallest absolute Gasteiger partial charge is 0.243 e. The normalized spacial score (nSPS) is 15.6. The highest BCUT2D eigenvalue weighted by Gasteiger charge is 2.25. The summed E-state index contributed by atoms with van der Waals surface area (Å²) in [6, 6.07) is 7.17. The molecular weight excluding hydrogens is 503 g/mol. The first kappa shape index (κ1) is 26.1. The molecule has 0 aliphatic carbocycles. The van der Waals surface area contributed by atoms with Crippen LogP contribution in [0.15, 0.2) is 34.2 Å². The highest BCUT2D eigenvalue weighted by atomic mass is 127. The third-order valence-electron chi connectivity index (χ3n) is 4.75. The number of nitrogens with one attached hydrogen (secondary N) is 2. The van der Waals surface area contributed by atoms with Crippen LogP contribution >= 0.6 is 24.0 Å². The van der Waals surface area contributed by atoms with Gasteiger partial charge in [0.1, 0.15) is 0 Å². The molecule has 2 rings (SSSR count).